The van der Waals surface area contributed by atoms with Crippen LogP contribution in [0.4, 0.5) is 29.2 Å². The Kier molecular flexibility index (Phi) is 5.98. The summed E-state index contributed by atoms with van der Waals surface area (Å²) in [4.78, 5) is 17.5. The zero-order chi connectivity index (χ0) is 23.2. The lowest BCUT2D eigenvalue weighted by Gasteiger charge is -2.11. The van der Waals surface area contributed by atoms with Crippen molar-refractivity contribution in [2.75, 3.05) is 16.0 Å². The van der Waals surface area contributed by atoms with Gasteiger partial charge in [-0.15, -0.1) is 0 Å². The van der Waals surface area contributed by atoms with Gasteiger partial charge >= 0.3 is 0 Å². The van der Waals surface area contributed by atoms with Crippen LogP contribution in [-0.4, -0.2) is 25.0 Å². The summed E-state index contributed by atoms with van der Waals surface area (Å²) < 4.78 is 5.37. The second-order valence-corrected chi connectivity index (χ2v) is 7.35. The fraction of sp³-hybridized carbons (Fsp3) is 0.0400. The molecular formula is C25H21N7O2. The second-order valence-electron chi connectivity index (χ2n) is 7.35. The molecule has 0 saturated heterocycles. The van der Waals surface area contributed by atoms with E-state index in [0.29, 0.717) is 24.4 Å². The summed E-state index contributed by atoms with van der Waals surface area (Å²) in [6, 6.07) is 22.2. The Balaban J connectivity index is 1.38. The van der Waals surface area contributed by atoms with Crippen LogP contribution in [0.15, 0.2) is 95.9 Å². The molecule has 0 bridgehead atoms. The largest absolute Gasteiger partial charge is 0.508 e. The number of aromatic nitrogens is 4. The first-order valence-electron chi connectivity index (χ1n) is 10.6. The third-order valence-electron chi connectivity index (χ3n) is 4.91. The molecule has 0 fully saturated rings. The van der Waals surface area contributed by atoms with Crippen molar-refractivity contribution in [3.05, 3.63) is 97.2 Å². The van der Waals surface area contributed by atoms with E-state index in [9.17, 15) is 5.11 Å². The van der Waals surface area contributed by atoms with Gasteiger partial charge in [0.1, 0.15) is 11.5 Å². The molecule has 168 valence electrons. The van der Waals surface area contributed by atoms with E-state index in [2.05, 4.69) is 35.9 Å². The molecule has 3 aromatic heterocycles. The Morgan fingerprint density at radius 2 is 1.26 bits per heavy atom. The normalized spacial score (nSPS) is 10.6. The number of phenolic OH excluding ortho intramolecular Hbond substituents is 1. The van der Waals surface area contributed by atoms with Crippen molar-refractivity contribution in [1.82, 2.24) is 19.9 Å². The van der Waals surface area contributed by atoms with Crippen LogP contribution in [-0.2, 0) is 6.54 Å². The molecule has 0 unspecified atom stereocenters. The lowest BCUT2D eigenvalue weighted by atomic mass is 10.1. The standard InChI is InChI=1S/C25H21N7O2/c33-21-9-7-20(8-10-21)29-25-31-23(27-16-22-2-1-15-34-22)30-24(32-25)28-19-5-3-17(4-6-19)18-11-13-26-14-12-18/h1-15,33H,16H2,(H3,27,28,29,30,31,32). The predicted molar refractivity (Wildman–Crippen MR) is 130 cm³/mol. The van der Waals surface area contributed by atoms with Gasteiger partial charge in [0.2, 0.25) is 17.8 Å². The summed E-state index contributed by atoms with van der Waals surface area (Å²) in [6.45, 7) is 0.426. The molecule has 0 amide bonds. The van der Waals surface area contributed by atoms with Gasteiger partial charge in [-0.1, -0.05) is 12.1 Å². The third kappa shape index (κ3) is 5.28. The SMILES string of the molecule is Oc1ccc(Nc2nc(NCc3ccco3)nc(Nc3ccc(-c4ccncc4)cc3)n2)cc1. The van der Waals surface area contributed by atoms with Crippen molar-refractivity contribution >= 4 is 29.2 Å². The Labute approximate surface area is 195 Å². The molecule has 0 saturated carbocycles. The Morgan fingerprint density at radius 3 is 1.88 bits per heavy atom. The highest BCUT2D eigenvalue weighted by atomic mass is 16.3. The van der Waals surface area contributed by atoms with E-state index in [0.717, 1.165) is 28.3 Å². The quantitative estimate of drug-likeness (QED) is 0.232. The molecule has 9 nitrogen and oxygen atoms in total. The average Bonchev–Trinajstić information content (AvgIpc) is 3.39. The highest BCUT2D eigenvalue weighted by molar-refractivity contribution is 5.67. The molecule has 34 heavy (non-hydrogen) atoms. The van der Waals surface area contributed by atoms with E-state index < -0.39 is 0 Å². The minimum atomic E-state index is 0.180. The summed E-state index contributed by atoms with van der Waals surface area (Å²) in [7, 11) is 0. The summed E-state index contributed by atoms with van der Waals surface area (Å²) in [6.07, 6.45) is 5.16. The van der Waals surface area contributed by atoms with Crippen LogP contribution < -0.4 is 16.0 Å². The van der Waals surface area contributed by atoms with Crippen molar-refractivity contribution in [1.29, 1.82) is 0 Å². The highest BCUT2D eigenvalue weighted by Gasteiger charge is 2.09. The van der Waals surface area contributed by atoms with E-state index >= 15 is 0 Å². The summed E-state index contributed by atoms with van der Waals surface area (Å²) in [5.74, 6) is 2.03. The molecular weight excluding hydrogens is 430 g/mol. The highest BCUT2D eigenvalue weighted by Crippen LogP contribution is 2.23. The van der Waals surface area contributed by atoms with Gasteiger partial charge < -0.3 is 25.5 Å². The molecule has 5 rings (SSSR count). The minimum absolute atomic E-state index is 0.180. The maximum Gasteiger partial charge on any atom is 0.233 e. The van der Waals surface area contributed by atoms with Gasteiger partial charge in [-0.3, -0.25) is 4.98 Å². The lowest BCUT2D eigenvalue weighted by molar-refractivity contribution is 0.475. The van der Waals surface area contributed by atoms with E-state index in [1.54, 1.807) is 42.9 Å². The Morgan fingerprint density at radius 1 is 0.676 bits per heavy atom. The number of rotatable bonds is 8. The van der Waals surface area contributed by atoms with Gasteiger partial charge in [0.25, 0.3) is 0 Å². The smallest absolute Gasteiger partial charge is 0.233 e. The molecule has 0 atom stereocenters. The first-order chi connectivity index (χ1) is 16.7. The van der Waals surface area contributed by atoms with Gasteiger partial charge in [0, 0.05) is 23.8 Å². The number of benzene rings is 2. The van der Waals surface area contributed by atoms with Crippen molar-refractivity contribution < 1.29 is 9.52 Å². The molecule has 0 radical (unpaired) electrons. The van der Waals surface area contributed by atoms with Crippen LogP contribution in [0.25, 0.3) is 11.1 Å². The van der Waals surface area contributed by atoms with Crippen LogP contribution in [0.2, 0.25) is 0 Å². The number of nitrogens with zero attached hydrogens (tertiary/aromatic N) is 4. The molecule has 3 heterocycles. The van der Waals surface area contributed by atoms with E-state index in [4.69, 9.17) is 4.42 Å². The van der Waals surface area contributed by atoms with Crippen LogP contribution in [0.5, 0.6) is 5.75 Å². The Bertz CT molecular complexity index is 1340. The first-order valence-corrected chi connectivity index (χ1v) is 10.6. The number of pyridine rings is 1. The topological polar surface area (TPSA) is 121 Å². The molecule has 0 spiro atoms. The van der Waals surface area contributed by atoms with Gasteiger partial charge in [-0.25, -0.2) is 0 Å². The maximum absolute atomic E-state index is 9.53. The molecule has 4 N–H and O–H groups in total. The molecule has 0 aliphatic carbocycles. The zero-order valence-electron chi connectivity index (χ0n) is 18.0. The van der Waals surface area contributed by atoms with Gasteiger partial charge in [-0.05, 0) is 71.8 Å². The van der Waals surface area contributed by atoms with Crippen molar-refractivity contribution in [3.63, 3.8) is 0 Å². The van der Waals surface area contributed by atoms with Crippen molar-refractivity contribution in [2.24, 2.45) is 0 Å². The molecule has 9 heteroatoms. The number of anilines is 5. The van der Waals surface area contributed by atoms with Crippen molar-refractivity contribution in [3.8, 4) is 16.9 Å². The van der Waals surface area contributed by atoms with Gasteiger partial charge in [-0.2, -0.15) is 15.0 Å². The van der Waals surface area contributed by atoms with Crippen LogP contribution in [0, 0.1) is 0 Å². The molecule has 2 aromatic carbocycles. The fourth-order valence-electron chi connectivity index (χ4n) is 3.24. The van der Waals surface area contributed by atoms with E-state index in [-0.39, 0.29) is 5.75 Å². The van der Waals surface area contributed by atoms with E-state index in [1.807, 2.05) is 48.5 Å². The van der Waals surface area contributed by atoms with Gasteiger partial charge in [0.15, 0.2) is 0 Å². The summed E-state index contributed by atoms with van der Waals surface area (Å²) in [5, 5.41) is 19.1. The molecule has 0 aliphatic rings. The zero-order valence-corrected chi connectivity index (χ0v) is 18.0. The van der Waals surface area contributed by atoms with Crippen LogP contribution >= 0.6 is 0 Å². The number of hydrogen-bond acceptors (Lipinski definition) is 9. The van der Waals surface area contributed by atoms with Crippen LogP contribution in [0.3, 0.4) is 0 Å². The summed E-state index contributed by atoms with van der Waals surface area (Å²) in [5.41, 5.74) is 3.73. The predicted octanol–water partition coefficient (Wildman–Crippen LogP) is 5.33. The monoisotopic (exact) mass is 451 g/mol. The number of phenols is 1. The van der Waals surface area contributed by atoms with E-state index in [1.165, 1.54) is 0 Å². The van der Waals surface area contributed by atoms with Gasteiger partial charge in [0.05, 0.1) is 12.8 Å². The average molecular weight is 451 g/mol. The lowest BCUT2D eigenvalue weighted by Crippen LogP contribution is -2.09. The molecule has 0 aliphatic heterocycles. The second kappa shape index (κ2) is 9.70. The van der Waals surface area contributed by atoms with Crippen LogP contribution in [0.1, 0.15) is 5.76 Å². The first kappa shape index (κ1) is 21.0. The third-order valence-corrected chi connectivity index (χ3v) is 4.91. The number of nitrogens with one attached hydrogen (secondary N) is 3. The maximum atomic E-state index is 9.53. The number of furan rings is 1. The summed E-state index contributed by atoms with van der Waals surface area (Å²) >= 11 is 0. The Hall–Kier alpha value is -4.92. The van der Waals surface area contributed by atoms with Crippen molar-refractivity contribution in [2.45, 2.75) is 6.54 Å². The fourth-order valence-corrected chi connectivity index (χ4v) is 3.24. The number of hydrogen-bond donors (Lipinski definition) is 4. The minimum Gasteiger partial charge on any atom is -0.508 e. The molecule has 5 aromatic rings. The number of aromatic hydroxyl groups is 1.